The first-order chi connectivity index (χ1) is 17.8. The lowest BCUT2D eigenvalue weighted by atomic mass is 9.96. The smallest absolute Gasteiger partial charge is 0.244 e. The number of hydrogen-bond donors (Lipinski definition) is 3. The lowest BCUT2D eigenvalue weighted by molar-refractivity contribution is -0.125. The van der Waals surface area contributed by atoms with Crippen LogP contribution in [0.1, 0.15) is 27.0 Å². The number of aromatic hydroxyl groups is 1. The van der Waals surface area contributed by atoms with Crippen molar-refractivity contribution in [1.82, 2.24) is 5.32 Å². The molecule has 0 heterocycles. The number of methoxy groups -OCH3 is 2. The zero-order chi connectivity index (χ0) is 26.8. The van der Waals surface area contributed by atoms with Gasteiger partial charge in [0, 0.05) is 23.6 Å². The first-order valence-electron chi connectivity index (χ1n) is 11.6. The Hall–Kier alpha value is -4.43. The lowest BCUT2D eigenvalue weighted by Gasteiger charge is -2.17. The van der Waals surface area contributed by atoms with E-state index in [0.29, 0.717) is 28.2 Å². The number of ether oxygens (including phenoxy) is 2. The van der Waals surface area contributed by atoms with E-state index in [4.69, 9.17) is 14.6 Å². The number of aliphatic hydroxyl groups is 1. The van der Waals surface area contributed by atoms with E-state index in [9.17, 15) is 19.5 Å². The Bertz CT molecular complexity index is 1260. The molecule has 3 aromatic carbocycles. The molecule has 0 aliphatic carbocycles. The standard InChI is InChI=1S/C29H29NO7/c1-36-24-12-13-28(37-2)22(17-24)9-14-29(35)30-25(15-19-5-10-23(32)11-6-19)26(33)16-20-3-7-21(8-4-20)27(34)18-31/h3-14,17,25,31-32H,15-16,18H2,1-2H3,(H,30,35)/b14-9+/t25-/m0/s1. The molecule has 0 saturated carbocycles. The van der Waals surface area contributed by atoms with Crippen LogP contribution in [0, 0.1) is 0 Å². The van der Waals surface area contributed by atoms with Crippen molar-refractivity contribution in [3.05, 3.63) is 95.1 Å². The molecule has 0 aliphatic heterocycles. The van der Waals surface area contributed by atoms with Crippen molar-refractivity contribution in [2.24, 2.45) is 0 Å². The first kappa shape index (κ1) is 27.2. The van der Waals surface area contributed by atoms with E-state index in [1.165, 1.54) is 25.3 Å². The summed E-state index contributed by atoms with van der Waals surface area (Å²) in [7, 11) is 3.07. The monoisotopic (exact) mass is 503 g/mol. The van der Waals surface area contributed by atoms with Crippen molar-refractivity contribution in [1.29, 1.82) is 0 Å². The van der Waals surface area contributed by atoms with Crippen LogP contribution in [0.5, 0.6) is 17.2 Å². The maximum Gasteiger partial charge on any atom is 0.244 e. The van der Waals surface area contributed by atoms with Crippen LogP contribution in [-0.4, -0.2) is 54.6 Å². The number of carbonyl (C=O) groups is 3. The van der Waals surface area contributed by atoms with Crippen LogP contribution >= 0.6 is 0 Å². The van der Waals surface area contributed by atoms with E-state index in [0.717, 1.165) is 5.56 Å². The molecule has 0 unspecified atom stereocenters. The minimum Gasteiger partial charge on any atom is -0.508 e. The van der Waals surface area contributed by atoms with Gasteiger partial charge >= 0.3 is 0 Å². The fourth-order valence-electron chi connectivity index (χ4n) is 3.69. The third kappa shape index (κ3) is 7.78. The number of aliphatic hydroxyl groups excluding tert-OH is 1. The number of hydrogen-bond acceptors (Lipinski definition) is 7. The summed E-state index contributed by atoms with van der Waals surface area (Å²) in [6.45, 7) is -0.589. The fraction of sp³-hybridized carbons (Fsp3) is 0.207. The molecule has 0 saturated heterocycles. The van der Waals surface area contributed by atoms with Crippen LogP contribution in [0.25, 0.3) is 6.08 Å². The number of rotatable bonds is 12. The summed E-state index contributed by atoms with van der Waals surface area (Å²) in [6, 6.07) is 17.2. The Morgan fingerprint density at radius 3 is 2.22 bits per heavy atom. The maximum atomic E-state index is 13.2. The van der Waals surface area contributed by atoms with Gasteiger partial charge in [-0.2, -0.15) is 0 Å². The molecule has 8 heteroatoms. The van der Waals surface area contributed by atoms with Gasteiger partial charge in [0.2, 0.25) is 5.91 Å². The number of ketones is 2. The lowest BCUT2D eigenvalue weighted by Crippen LogP contribution is -2.42. The van der Waals surface area contributed by atoms with Gasteiger partial charge in [-0.15, -0.1) is 0 Å². The summed E-state index contributed by atoms with van der Waals surface area (Å²) in [5.74, 6) is 0.164. The van der Waals surface area contributed by atoms with Crippen LogP contribution in [0.2, 0.25) is 0 Å². The Morgan fingerprint density at radius 1 is 0.919 bits per heavy atom. The minimum absolute atomic E-state index is 0.0318. The van der Waals surface area contributed by atoms with Gasteiger partial charge in [-0.1, -0.05) is 36.4 Å². The summed E-state index contributed by atoms with van der Waals surface area (Å²) in [5.41, 5.74) is 2.42. The molecule has 0 fully saturated rings. The summed E-state index contributed by atoms with van der Waals surface area (Å²) in [5, 5.41) is 21.4. The zero-order valence-electron chi connectivity index (χ0n) is 20.6. The number of nitrogens with one attached hydrogen (secondary N) is 1. The second-order valence-corrected chi connectivity index (χ2v) is 8.29. The van der Waals surface area contributed by atoms with Crippen LogP contribution < -0.4 is 14.8 Å². The van der Waals surface area contributed by atoms with Crippen LogP contribution in [-0.2, 0) is 22.4 Å². The molecule has 0 bridgehead atoms. The minimum atomic E-state index is -0.840. The van der Waals surface area contributed by atoms with Crippen LogP contribution in [0.15, 0.2) is 72.8 Å². The number of Topliss-reactive ketones (excluding diaryl/α,β-unsaturated/α-hetero) is 2. The van der Waals surface area contributed by atoms with E-state index in [1.54, 1.807) is 67.8 Å². The zero-order valence-corrected chi connectivity index (χ0v) is 20.6. The summed E-state index contributed by atoms with van der Waals surface area (Å²) >= 11 is 0. The second-order valence-electron chi connectivity index (χ2n) is 8.29. The Kier molecular flexibility index (Phi) is 9.57. The summed E-state index contributed by atoms with van der Waals surface area (Å²) in [4.78, 5) is 37.7. The van der Waals surface area contributed by atoms with Gasteiger partial charge in [0.05, 0.1) is 20.3 Å². The third-order valence-corrected chi connectivity index (χ3v) is 5.73. The molecule has 0 aliphatic rings. The Morgan fingerprint density at radius 2 is 1.59 bits per heavy atom. The average Bonchev–Trinajstić information content (AvgIpc) is 2.92. The van der Waals surface area contributed by atoms with Gasteiger partial charge in [0.25, 0.3) is 0 Å². The van der Waals surface area contributed by atoms with E-state index in [-0.39, 0.29) is 24.4 Å². The van der Waals surface area contributed by atoms with Gasteiger partial charge in [-0.3, -0.25) is 14.4 Å². The van der Waals surface area contributed by atoms with Crippen molar-refractivity contribution in [2.75, 3.05) is 20.8 Å². The predicted octanol–water partition coefficient (Wildman–Crippen LogP) is 3.14. The first-order valence-corrected chi connectivity index (χ1v) is 11.6. The highest BCUT2D eigenvalue weighted by molar-refractivity contribution is 5.98. The molecule has 1 amide bonds. The van der Waals surface area contributed by atoms with Crippen molar-refractivity contribution >= 4 is 23.5 Å². The molecular weight excluding hydrogens is 474 g/mol. The van der Waals surface area contributed by atoms with E-state index < -0.39 is 24.3 Å². The second kappa shape index (κ2) is 13.0. The SMILES string of the molecule is COc1ccc(OC)c(/C=C/C(=O)N[C@@H](Cc2ccc(O)cc2)C(=O)Cc2ccc(C(=O)CO)cc2)c1. The third-order valence-electron chi connectivity index (χ3n) is 5.73. The Labute approximate surface area is 215 Å². The molecule has 0 radical (unpaired) electrons. The average molecular weight is 504 g/mol. The molecule has 37 heavy (non-hydrogen) atoms. The quantitative estimate of drug-likeness (QED) is 0.256. The summed E-state index contributed by atoms with van der Waals surface area (Å²) in [6.07, 6.45) is 3.16. The normalized spacial score (nSPS) is 11.6. The van der Waals surface area contributed by atoms with Crippen LogP contribution in [0.3, 0.4) is 0 Å². The predicted molar refractivity (Wildman–Crippen MR) is 139 cm³/mol. The highest BCUT2D eigenvalue weighted by atomic mass is 16.5. The Balaban J connectivity index is 1.77. The number of amides is 1. The fourth-order valence-corrected chi connectivity index (χ4v) is 3.69. The highest BCUT2D eigenvalue weighted by Crippen LogP contribution is 2.25. The van der Waals surface area contributed by atoms with Crippen molar-refractivity contribution in [2.45, 2.75) is 18.9 Å². The van der Waals surface area contributed by atoms with Crippen LogP contribution in [0.4, 0.5) is 0 Å². The van der Waals surface area contributed by atoms with E-state index in [2.05, 4.69) is 5.32 Å². The number of carbonyl (C=O) groups excluding carboxylic acids is 3. The molecule has 3 aromatic rings. The highest BCUT2D eigenvalue weighted by Gasteiger charge is 2.21. The molecular formula is C29H29NO7. The van der Waals surface area contributed by atoms with Crippen molar-refractivity contribution in [3.63, 3.8) is 0 Å². The topological polar surface area (TPSA) is 122 Å². The molecule has 3 rings (SSSR count). The molecule has 0 spiro atoms. The van der Waals surface area contributed by atoms with E-state index in [1.807, 2.05) is 0 Å². The van der Waals surface area contributed by atoms with Gasteiger partial charge in [-0.25, -0.2) is 0 Å². The largest absolute Gasteiger partial charge is 0.508 e. The number of phenolic OH excluding ortho intramolecular Hbond substituents is 1. The number of benzene rings is 3. The molecule has 192 valence electrons. The van der Waals surface area contributed by atoms with Gasteiger partial charge in [0.15, 0.2) is 11.6 Å². The molecule has 3 N–H and O–H groups in total. The van der Waals surface area contributed by atoms with E-state index >= 15 is 0 Å². The van der Waals surface area contributed by atoms with Gasteiger partial charge in [0.1, 0.15) is 23.9 Å². The van der Waals surface area contributed by atoms with Crippen molar-refractivity contribution in [3.8, 4) is 17.2 Å². The van der Waals surface area contributed by atoms with Gasteiger partial charge < -0.3 is 25.0 Å². The summed E-state index contributed by atoms with van der Waals surface area (Å²) < 4.78 is 10.6. The molecule has 8 nitrogen and oxygen atoms in total. The molecule has 1 atom stereocenters. The molecule has 0 aromatic heterocycles. The maximum absolute atomic E-state index is 13.2. The van der Waals surface area contributed by atoms with Crippen molar-refractivity contribution < 1.29 is 34.1 Å². The van der Waals surface area contributed by atoms with Gasteiger partial charge in [-0.05, 0) is 54.0 Å². The number of phenols is 1.